The molecule has 0 radical (unpaired) electrons. The fourth-order valence-electron chi connectivity index (χ4n) is 2.41. The van der Waals surface area contributed by atoms with Crippen molar-refractivity contribution >= 4 is 29.2 Å². The summed E-state index contributed by atoms with van der Waals surface area (Å²) in [6.45, 7) is 2.20. The van der Waals surface area contributed by atoms with Gasteiger partial charge in [0, 0.05) is 18.4 Å². The van der Waals surface area contributed by atoms with E-state index < -0.39 is 28.6 Å². The van der Waals surface area contributed by atoms with Crippen molar-refractivity contribution in [3.63, 3.8) is 0 Å². The highest BCUT2D eigenvalue weighted by atomic mass is 35.5. The quantitative estimate of drug-likeness (QED) is 0.362. The largest absolute Gasteiger partial charge is 0.462 e. The van der Waals surface area contributed by atoms with Gasteiger partial charge >= 0.3 is 12.1 Å². The first kappa shape index (κ1) is 23.8. The van der Waals surface area contributed by atoms with Crippen LogP contribution < -0.4 is 10.6 Å². The number of nitriles is 1. The molecular weight excluding hydrogens is 435 g/mol. The summed E-state index contributed by atoms with van der Waals surface area (Å²) >= 11 is 5.54. The summed E-state index contributed by atoms with van der Waals surface area (Å²) in [5.41, 5.74) is -0.447. The lowest BCUT2D eigenvalue weighted by atomic mass is 10.1. The molecule has 0 atom stereocenters. The molecule has 162 valence electrons. The summed E-state index contributed by atoms with van der Waals surface area (Å²) in [5, 5.41) is 13.7. The van der Waals surface area contributed by atoms with E-state index in [2.05, 4.69) is 10.6 Å². The zero-order valence-corrected chi connectivity index (χ0v) is 17.0. The smallest absolute Gasteiger partial charge is 0.417 e. The minimum absolute atomic E-state index is 0.155. The van der Waals surface area contributed by atoms with Gasteiger partial charge in [-0.15, -0.1) is 0 Å². The summed E-state index contributed by atoms with van der Waals surface area (Å²) in [7, 11) is 0. The maximum atomic E-state index is 12.9. The molecule has 0 heterocycles. The van der Waals surface area contributed by atoms with Gasteiger partial charge in [-0.05, 0) is 42.8 Å². The van der Waals surface area contributed by atoms with Crippen molar-refractivity contribution in [2.75, 3.05) is 11.9 Å². The maximum Gasteiger partial charge on any atom is 0.417 e. The molecule has 0 saturated carbocycles. The number of hydrogen-bond acceptors (Lipinski definition) is 5. The molecule has 2 aromatic carbocycles. The second kappa shape index (κ2) is 10.5. The Kier molecular flexibility index (Phi) is 8.05. The van der Waals surface area contributed by atoms with Crippen LogP contribution in [0.15, 0.2) is 54.2 Å². The standard InChI is InChI=1S/C21H17ClF3N3O3/c1-2-31-20(30)14-5-3-13(4-6-14)11-27-12-15(10-26)19(29)28-16-7-8-18(22)17(9-16)21(23,24)25/h3-9,12,27H,2,11H2,1H3,(H,28,29)/b15-12-. The van der Waals surface area contributed by atoms with Gasteiger partial charge < -0.3 is 15.4 Å². The Morgan fingerprint density at radius 2 is 1.87 bits per heavy atom. The molecule has 0 spiro atoms. The normalized spacial score (nSPS) is 11.4. The number of nitrogens with one attached hydrogen (secondary N) is 2. The fraction of sp³-hybridized carbons (Fsp3) is 0.190. The zero-order valence-electron chi connectivity index (χ0n) is 16.2. The van der Waals surface area contributed by atoms with E-state index in [0.717, 1.165) is 17.8 Å². The molecule has 0 bridgehead atoms. The minimum Gasteiger partial charge on any atom is -0.462 e. The minimum atomic E-state index is -4.68. The molecule has 0 unspecified atom stereocenters. The van der Waals surface area contributed by atoms with Crippen molar-refractivity contribution in [1.29, 1.82) is 5.26 Å². The molecule has 2 rings (SSSR count). The van der Waals surface area contributed by atoms with Crippen molar-refractivity contribution < 1.29 is 27.5 Å². The van der Waals surface area contributed by atoms with Gasteiger partial charge in [0.1, 0.15) is 11.6 Å². The Bertz CT molecular complexity index is 1030. The molecule has 31 heavy (non-hydrogen) atoms. The fourth-order valence-corrected chi connectivity index (χ4v) is 2.64. The lowest BCUT2D eigenvalue weighted by Gasteiger charge is -2.11. The lowest BCUT2D eigenvalue weighted by Crippen LogP contribution is -2.17. The Labute approximate surface area is 181 Å². The second-order valence-electron chi connectivity index (χ2n) is 6.11. The first-order valence-corrected chi connectivity index (χ1v) is 9.31. The topological polar surface area (TPSA) is 91.2 Å². The SMILES string of the molecule is CCOC(=O)c1ccc(CN/C=C(/C#N)C(=O)Nc2ccc(Cl)c(C(F)(F)F)c2)cc1. The number of benzene rings is 2. The monoisotopic (exact) mass is 451 g/mol. The third kappa shape index (κ3) is 6.76. The first-order chi connectivity index (χ1) is 14.7. The predicted octanol–water partition coefficient (Wildman–Crippen LogP) is 4.67. The molecule has 0 aliphatic carbocycles. The molecule has 2 aromatic rings. The van der Waals surface area contributed by atoms with E-state index in [1.54, 1.807) is 37.3 Å². The van der Waals surface area contributed by atoms with E-state index >= 15 is 0 Å². The van der Waals surface area contributed by atoms with Crippen LogP contribution in [-0.2, 0) is 22.3 Å². The van der Waals surface area contributed by atoms with Crippen molar-refractivity contribution in [3.8, 4) is 6.07 Å². The Balaban J connectivity index is 2.01. The highest BCUT2D eigenvalue weighted by Gasteiger charge is 2.33. The number of halogens is 4. The van der Waals surface area contributed by atoms with Crippen molar-refractivity contribution in [2.24, 2.45) is 0 Å². The number of esters is 1. The molecule has 0 aliphatic heterocycles. The average Bonchev–Trinajstić information content (AvgIpc) is 2.72. The summed E-state index contributed by atoms with van der Waals surface area (Å²) in [6.07, 6.45) is -3.54. The highest BCUT2D eigenvalue weighted by molar-refractivity contribution is 6.31. The van der Waals surface area contributed by atoms with Crippen LogP contribution in [0.25, 0.3) is 0 Å². The summed E-state index contributed by atoms with van der Waals surface area (Å²) in [4.78, 5) is 23.8. The third-order valence-electron chi connectivity index (χ3n) is 3.91. The molecule has 0 fully saturated rings. The van der Waals surface area contributed by atoms with Crippen LogP contribution in [-0.4, -0.2) is 18.5 Å². The number of nitrogens with zero attached hydrogens (tertiary/aromatic N) is 1. The predicted molar refractivity (Wildman–Crippen MR) is 108 cm³/mol. The number of anilines is 1. The maximum absolute atomic E-state index is 12.9. The van der Waals surface area contributed by atoms with Gasteiger partial charge in [0.2, 0.25) is 0 Å². The van der Waals surface area contributed by atoms with Gasteiger partial charge in [0.15, 0.2) is 0 Å². The molecule has 1 amide bonds. The van der Waals surface area contributed by atoms with Crippen LogP contribution in [0, 0.1) is 11.3 Å². The van der Waals surface area contributed by atoms with E-state index in [0.29, 0.717) is 11.6 Å². The van der Waals surface area contributed by atoms with Gasteiger partial charge in [0.05, 0.1) is 22.8 Å². The highest BCUT2D eigenvalue weighted by Crippen LogP contribution is 2.36. The van der Waals surface area contributed by atoms with Crippen molar-refractivity contribution in [1.82, 2.24) is 5.32 Å². The zero-order chi connectivity index (χ0) is 23.0. The van der Waals surface area contributed by atoms with Gasteiger partial charge in [-0.3, -0.25) is 4.79 Å². The Hall–Kier alpha value is -3.51. The number of ether oxygens (including phenoxy) is 1. The van der Waals surface area contributed by atoms with Crippen LogP contribution >= 0.6 is 11.6 Å². The van der Waals surface area contributed by atoms with Crippen molar-refractivity contribution in [3.05, 3.63) is 76.0 Å². The Morgan fingerprint density at radius 3 is 2.45 bits per heavy atom. The molecule has 0 aliphatic rings. The van der Waals surface area contributed by atoms with E-state index in [9.17, 15) is 28.0 Å². The summed E-state index contributed by atoms with van der Waals surface area (Å²) < 4.78 is 43.7. The first-order valence-electron chi connectivity index (χ1n) is 8.93. The van der Waals surface area contributed by atoms with Crippen LogP contribution in [0.3, 0.4) is 0 Å². The van der Waals surface area contributed by atoms with Crippen LogP contribution in [0.4, 0.5) is 18.9 Å². The molecule has 0 saturated heterocycles. The van der Waals surface area contributed by atoms with Crippen LogP contribution in [0.5, 0.6) is 0 Å². The number of carbonyl (C=O) groups excluding carboxylic acids is 2. The molecule has 0 aromatic heterocycles. The van der Waals surface area contributed by atoms with Gasteiger partial charge in [-0.2, -0.15) is 18.4 Å². The van der Waals surface area contributed by atoms with E-state index in [1.165, 1.54) is 6.07 Å². The number of rotatable bonds is 7. The molecule has 10 heteroatoms. The number of hydrogen-bond donors (Lipinski definition) is 2. The van der Waals surface area contributed by atoms with Crippen molar-refractivity contribution in [2.45, 2.75) is 19.6 Å². The Morgan fingerprint density at radius 1 is 1.19 bits per heavy atom. The number of alkyl halides is 3. The lowest BCUT2D eigenvalue weighted by molar-refractivity contribution is -0.137. The third-order valence-corrected chi connectivity index (χ3v) is 4.24. The van der Waals surface area contributed by atoms with E-state index in [1.807, 2.05) is 0 Å². The van der Waals surface area contributed by atoms with Crippen LogP contribution in [0.1, 0.15) is 28.4 Å². The average molecular weight is 452 g/mol. The van der Waals surface area contributed by atoms with Gasteiger partial charge in [-0.25, -0.2) is 4.79 Å². The summed E-state index contributed by atoms with van der Waals surface area (Å²) in [6, 6.07) is 11.1. The number of carbonyl (C=O) groups is 2. The molecular formula is C21H17ClF3N3O3. The van der Waals surface area contributed by atoms with E-state index in [4.69, 9.17) is 16.3 Å². The summed E-state index contributed by atoms with van der Waals surface area (Å²) in [5.74, 6) is -1.33. The molecule has 2 N–H and O–H groups in total. The van der Waals surface area contributed by atoms with Gasteiger partial charge in [0.25, 0.3) is 5.91 Å². The van der Waals surface area contributed by atoms with Crippen LogP contribution in [0.2, 0.25) is 5.02 Å². The van der Waals surface area contributed by atoms with Gasteiger partial charge in [-0.1, -0.05) is 23.7 Å². The number of amides is 1. The van der Waals surface area contributed by atoms with E-state index in [-0.39, 0.29) is 24.4 Å². The second-order valence-corrected chi connectivity index (χ2v) is 6.52. The molecule has 6 nitrogen and oxygen atoms in total.